The maximum atomic E-state index is 6.30. The summed E-state index contributed by atoms with van der Waals surface area (Å²) in [5, 5.41) is 4.60. The molecule has 0 aliphatic carbocycles. The Bertz CT molecular complexity index is 3180. The summed E-state index contributed by atoms with van der Waals surface area (Å²) in [6.07, 6.45) is 0. The molecule has 8 aromatic carbocycles. The first-order valence-electron chi connectivity index (χ1n) is 18.8. The summed E-state index contributed by atoms with van der Waals surface area (Å²) in [7, 11) is 0. The van der Waals surface area contributed by atoms with Crippen LogP contribution in [0, 0.1) is 0 Å². The molecule has 0 spiro atoms. The van der Waals surface area contributed by atoms with Gasteiger partial charge in [-0.3, -0.25) is 0 Å². The fraction of sp³-hybridized carbons (Fsp3) is 0. The first-order valence-corrected chi connectivity index (χ1v) is 18.8. The minimum atomic E-state index is 0.626. The van der Waals surface area contributed by atoms with E-state index >= 15 is 0 Å². The Labute approximate surface area is 322 Å². The molecule has 0 fully saturated rings. The van der Waals surface area contributed by atoms with Crippen LogP contribution in [0.4, 0.5) is 0 Å². The van der Waals surface area contributed by atoms with Crippen LogP contribution in [0.5, 0.6) is 0 Å². The first-order chi connectivity index (χ1) is 27.7. The quantitative estimate of drug-likeness (QED) is 0.172. The fourth-order valence-corrected chi connectivity index (χ4v) is 7.92. The molecule has 5 heteroatoms. The summed E-state index contributed by atoms with van der Waals surface area (Å²) in [4.78, 5) is 14.9. The largest absolute Gasteiger partial charge is 0.456 e. The number of fused-ring (bicyclic) bond motifs is 6. The number of rotatable bonds is 6. The zero-order chi connectivity index (χ0) is 37.0. The monoisotopic (exact) mass is 716 g/mol. The van der Waals surface area contributed by atoms with Crippen LogP contribution in [0.25, 0.3) is 106 Å². The molecule has 3 heterocycles. The van der Waals surface area contributed by atoms with Crippen molar-refractivity contribution in [3.63, 3.8) is 0 Å². The van der Waals surface area contributed by atoms with Gasteiger partial charge >= 0.3 is 0 Å². The molecule has 0 atom stereocenters. The van der Waals surface area contributed by atoms with Gasteiger partial charge in [-0.15, -0.1) is 0 Å². The van der Waals surface area contributed by atoms with Gasteiger partial charge in [0.2, 0.25) is 0 Å². The molecule has 3 aromatic heterocycles. The van der Waals surface area contributed by atoms with E-state index in [0.717, 1.165) is 66.5 Å². The van der Waals surface area contributed by atoms with Crippen LogP contribution in [-0.2, 0) is 0 Å². The Kier molecular flexibility index (Phi) is 7.42. The first kappa shape index (κ1) is 31.9. The van der Waals surface area contributed by atoms with Crippen molar-refractivity contribution in [3.8, 4) is 62.1 Å². The van der Waals surface area contributed by atoms with Crippen molar-refractivity contribution in [1.82, 2.24) is 19.5 Å². The second-order valence-electron chi connectivity index (χ2n) is 14.1. The van der Waals surface area contributed by atoms with Crippen molar-refractivity contribution in [1.29, 1.82) is 0 Å². The third-order valence-electron chi connectivity index (χ3n) is 10.6. The standard InChI is InChI=1S/C51H32N4O/c1-4-13-33(14-5-1)36-24-27-47-43(31-36)44-32-38(25-28-48(44)56-47)37-23-26-46-42(30-37)41-21-10-11-22-45(41)55(46)40-20-12-19-39(29-40)51-53-49(34-15-6-2-7-16-34)52-50(54-51)35-17-8-3-9-18-35/h1-32H. The van der Waals surface area contributed by atoms with E-state index in [2.05, 4.69) is 132 Å². The van der Waals surface area contributed by atoms with Crippen molar-refractivity contribution in [2.24, 2.45) is 0 Å². The third-order valence-corrected chi connectivity index (χ3v) is 10.6. The van der Waals surface area contributed by atoms with Gasteiger partial charge in [-0.2, -0.15) is 0 Å². The van der Waals surface area contributed by atoms with E-state index in [9.17, 15) is 0 Å². The average Bonchev–Trinajstić information content (AvgIpc) is 3.82. The fourth-order valence-electron chi connectivity index (χ4n) is 7.92. The van der Waals surface area contributed by atoms with E-state index in [1.165, 1.54) is 21.9 Å². The zero-order valence-electron chi connectivity index (χ0n) is 30.2. The van der Waals surface area contributed by atoms with E-state index in [0.29, 0.717) is 17.5 Å². The van der Waals surface area contributed by atoms with Gasteiger partial charge in [0.25, 0.3) is 0 Å². The van der Waals surface area contributed by atoms with Crippen molar-refractivity contribution >= 4 is 43.7 Å². The van der Waals surface area contributed by atoms with Crippen molar-refractivity contribution in [2.75, 3.05) is 0 Å². The van der Waals surface area contributed by atoms with E-state index < -0.39 is 0 Å². The predicted octanol–water partition coefficient (Wildman–Crippen LogP) is 13.2. The molecule has 0 N–H and O–H groups in total. The SMILES string of the molecule is c1ccc(-c2ccc3oc4ccc(-c5ccc6c(c5)c5ccccc5n6-c5cccc(-c6nc(-c7ccccc7)nc(-c7ccccc7)n6)c5)cc4c3c2)cc1. The minimum Gasteiger partial charge on any atom is -0.456 e. The lowest BCUT2D eigenvalue weighted by atomic mass is 9.99. The number of nitrogens with zero attached hydrogens (tertiary/aromatic N) is 4. The van der Waals surface area contributed by atoms with E-state index in [-0.39, 0.29) is 0 Å². The highest BCUT2D eigenvalue weighted by molar-refractivity contribution is 6.11. The van der Waals surface area contributed by atoms with Crippen molar-refractivity contribution in [2.45, 2.75) is 0 Å². The van der Waals surface area contributed by atoms with Crippen LogP contribution in [0.2, 0.25) is 0 Å². The molecule has 0 saturated heterocycles. The number of hydrogen-bond acceptors (Lipinski definition) is 4. The van der Waals surface area contributed by atoms with Gasteiger partial charge in [0, 0.05) is 43.9 Å². The Morgan fingerprint density at radius 2 is 0.768 bits per heavy atom. The summed E-state index contributed by atoms with van der Waals surface area (Å²) >= 11 is 0. The molecule has 0 saturated carbocycles. The highest BCUT2D eigenvalue weighted by Crippen LogP contribution is 2.39. The molecular weight excluding hydrogens is 685 g/mol. The van der Waals surface area contributed by atoms with Crippen LogP contribution in [0.3, 0.4) is 0 Å². The third kappa shape index (κ3) is 5.45. The lowest BCUT2D eigenvalue weighted by molar-refractivity contribution is 0.669. The smallest absolute Gasteiger partial charge is 0.164 e. The molecule has 56 heavy (non-hydrogen) atoms. The Morgan fingerprint density at radius 1 is 0.304 bits per heavy atom. The number of hydrogen-bond donors (Lipinski definition) is 0. The van der Waals surface area contributed by atoms with E-state index in [1.54, 1.807) is 0 Å². The molecule has 0 aliphatic heterocycles. The van der Waals surface area contributed by atoms with Crippen LogP contribution in [0.1, 0.15) is 0 Å². The van der Waals surface area contributed by atoms with Gasteiger partial charge in [-0.05, 0) is 76.9 Å². The Morgan fingerprint density at radius 3 is 1.39 bits per heavy atom. The van der Waals surface area contributed by atoms with Gasteiger partial charge in [-0.1, -0.05) is 140 Å². The zero-order valence-corrected chi connectivity index (χ0v) is 30.2. The van der Waals surface area contributed by atoms with Crippen LogP contribution >= 0.6 is 0 Å². The highest BCUT2D eigenvalue weighted by Gasteiger charge is 2.17. The normalized spacial score (nSPS) is 11.6. The lowest BCUT2D eigenvalue weighted by Gasteiger charge is -2.12. The highest BCUT2D eigenvalue weighted by atomic mass is 16.3. The minimum absolute atomic E-state index is 0.626. The molecule has 0 bridgehead atoms. The van der Waals surface area contributed by atoms with Gasteiger partial charge in [0.15, 0.2) is 17.5 Å². The Balaban J connectivity index is 1.03. The molecule has 11 aromatic rings. The summed E-state index contributed by atoms with van der Waals surface area (Å²) in [5.41, 5.74) is 12.5. The molecule has 0 aliphatic rings. The topological polar surface area (TPSA) is 56.7 Å². The molecule has 0 amide bonds. The van der Waals surface area contributed by atoms with Crippen LogP contribution < -0.4 is 0 Å². The van der Waals surface area contributed by atoms with Gasteiger partial charge in [0.05, 0.1) is 11.0 Å². The maximum absolute atomic E-state index is 6.30. The lowest BCUT2D eigenvalue weighted by Crippen LogP contribution is -2.01. The van der Waals surface area contributed by atoms with Gasteiger partial charge in [-0.25, -0.2) is 15.0 Å². The molecule has 5 nitrogen and oxygen atoms in total. The average molecular weight is 717 g/mol. The predicted molar refractivity (Wildman–Crippen MR) is 229 cm³/mol. The summed E-state index contributed by atoms with van der Waals surface area (Å²) < 4.78 is 8.64. The summed E-state index contributed by atoms with van der Waals surface area (Å²) in [5.74, 6) is 1.91. The molecule has 0 unspecified atom stereocenters. The number of furan rings is 1. The molecule has 0 radical (unpaired) electrons. The van der Waals surface area contributed by atoms with Gasteiger partial charge < -0.3 is 8.98 Å². The second kappa shape index (κ2) is 13.0. The second-order valence-corrected chi connectivity index (χ2v) is 14.1. The van der Waals surface area contributed by atoms with Crippen molar-refractivity contribution in [3.05, 3.63) is 194 Å². The van der Waals surface area contributed by atoms with E-state index in [4.69, 9.17) is 19.4 Å². The van der Waals surface area contributed by atoms with E-state index in [1.807, 2.05) is 66.7 Å². The van der Waals surface area contributed by atoms with Crippen LogP contribution in [0.15, 0.2) is 199 Å². The van der Waals surface area contributed by atoms with Gasteiger partial charge in [0.1, 0.15) is 11.2 Å². The van der Waals surface area contributed by atoms with Crippen molar-refractivity contribution < 1.29 is 4.42 Å². The Hall–Kier alpha value is -7.63. The number of para-hydroxylation sites is 1. The molecule has 11 rings (SSSR count). The number of benzene rings is 8. The summed E-state index contributed by atoms with van der Waals surface area (Å²) in [6.45, 7) is 0. The molecule has 262 valence electrons. The van der Waals surface area contributed by atoms with Crippen LogP contribution in [-0.4, -0.2) is 19.5 Å². The summed E-state index contributed by atoms with van der Waals surface area (Å²) in [6, 6.07) is 67.6. The molecular formula is C51H32N4O. The maximum Gasteiger partial charge on any atom is 0.164 e. The number of aromatic nitrogens is 4.